The molecule has 0 saturated heterocycles. The molecule has 0 amide bonds. The van der Waals surface area contributed by atoms with Gasteiger partial charge in [-0.2, -0.15) is 0 Å². The topological polar surface area (TPSA) is 61.4 Å². The highest BCUT2D eigenvalue weighted by atomic mass is 16.2. The van der Waals surface area contributed by atoms with Crippen molar-refractivity contribution in [2.24, 2.45) is 11.8 Å². The van der Waals surface area contributed by atoms with Gasteiger partial charge in [0.15, 0.2) is 0 Å². The molecule has 0 atom stereocenters. The van der Waals surface area contributed by atoms with Gasteiger partial charge in [0.2, 0.25) is 0 Å². The molecule has 0 saturated carbocycles. The summed E-state index contributed by atoms with van der Waals surface area (Å²) in [4.78, 5) is 26.3. The van der Waals surface area contributed by atoms with Crippen LogP contribution >= 0.6 is 0 Å². The van der Waals surface area contributed by atoms with Crippen LogP contribution in [0.5, 0.6) is 0 Å². The van der Waals surface area contributed by atoms with Crippen LogP contribution in [-0.4, -0.2) is 38.1 Å². The van der Waals surface area contributed by atoms with E-state index in [1.54, 1.807) is 7.05 Å². The maximum Gasteiger partial charge on any atom is 0.253 e. The van der Waals surface area contributed by atoms with Gasteiger partial charge in [0, 0.05) is 13.6 Å². The number of nitrogens with zero attached hydrogens (tertiary/aromatic N) is 1. The smallest absolute Gasteiger partial charge is 0.253 e. The molecule has 0 aliphatic rings. The lowest BCUT2D eigenvalue weighted by atomic mass is 9.90. The number of hydrogen-bond donors (Lipinski definition) is 2. The largest absolute Gasteiger partial charge is 0.383 e. The summed E-state index contributed by atoms with van der Waals surface area (Å²) in [7, 11) is 1.71. The fourth-order valence-electron chi connectivity index (χ4n) is 8.00. The third-order valence-corrected chi connectivity index (χ3v) is 11.4. The van der Waals surface area contributed by atoms with Crippen LogP contribution in [0.2, 0.25) is 0 Å². The predicted octanol–water partition coefficient (Wildman–Crippen LogP) is 13.1. The fraction of sp³-hybridized carbons (Fsp3) is 0.911. The van der Waals surface area contributed by atoms with Gasteiger partial charge in [-0.3, -0.25) is 9.59 Å². The van der Waals surface area contributed by atoms with E-state index in [1.165, 1.54) is 199 Å². The number of anilines is 2. The molecule has 1 rings (SSSR count). The van der Waals surface area contributed by atoms with Crippen molar-refractivity contribution in [2.75, 3.05) is 43.9 Å². The summed E-state index contributed by atoms with van der Waals surface area (Å²) < 4.78 is 0. The van der Waals surface area contributed by atoms with Gasteiger partial charge in [-0.05, 0) is 50.7 Å². The lowest BCUT2D eigenvalue weighted by Crippen LogP contribution is -2.37. The Morgan fingerprint density at radius 3 is 1.18 bits per heavy atom. The normalized spacial score (nSPS) is 11.9. The summed E-state index contributed by atoms with van der Waals surface area (Å²) >= 11 is 0. The second kappa shape index (κ2) is 33.5. The maximum absolute atomic E-state index is 11.9. The molecule has 1 aromatic rings. The van der Waals surface area contributed by atoms with Crippen LogP contribution in [0.1, 0.15) is 220 Å². The van der Waals surface area contributed by atoms with Crippen LogP contribution in [0.15, 0.2) is 9.59 Å². The summed E-state index contributed by atoms with van der Waals surface area (Å²) in [5, 5.41) is 6.10. The number of nitrogens with one attached hydrogen (secondary N) is 2. The standard InChI is InChI=1S/C45H87N3O2/c1-6-10-23-32-41(33-24-11-7-2)35-26-19-15-14-17-21-27-37-48(39-29-36-47-43-42(46-5)44(49)45(43)50)38-28-22-18-16-20-25-34-40(30-12-8-3)31-13-9-4/h40-41,46-47H,6-39H2,1-5H3. The Labute approximate surface area is 312 Å². The summed E-state index contributed by atoms with van der Waals surface area (Å²) in [6, 6.07) is 0. The Hall–Kier alpha value is -1.36. The van der Waals surface area contributed by atoms with E-state index in [2.05, 4.69) is 43.2 Å². The first kappa shape index (κ1) is 46.7. The van der Waals surface area contributed by atoms with Crippen LogP contribution in [0.4, 0.5) is 11.4 Å². The lowest BCUT2D eigenvalue weighted by molar-refractivity contribution is 0.259. The number of unbranched alkanes of at least 4 members (excludes halogenated alkanes) is 17. The minimum atomic E-state index is -0.390. The SMILES string of the molecule is CCCCCC(CCCCC)CCCCCCCCCN(CCCCCCCCC(CCCC)CCCC)CCCNc1c(NC)c(=O)c1=O. The van der Waals surface area contributed by atoms with Gasteiger partial charge in [0.1, 0.15) is 11.4 Å². The van der Waals surface area contributed by atoms with Crippen molar-refractivity contribution in [3.05, 3.63) is 20.4 Å². The van der Waals surface area contributed by atoms with Gasteiger partial charge in [0.05, 0.1) is 0 Å². The van der Waals surface area contributed by atoms with Crippen molar-refractivity contribution in [3.8, 4) is 0 Å². The monoisotopic (exact) mass is 702 g/mol. The van der Waals surface area contributed by atoms with E-state index in [4.69, 9.17) is 0 Å². The van der Waals surface area contributed by atoms with Gasteiger partial charge < -0.3 is 15.5 Å². The van der Waals surface area contributed by atoms with E-state index in [0.717, 1.165) is 31.3 Å². The molecule has 0 aliphatic heterocycles. The van der Waals surface area contributed by atoms with Crippen LogP contribution in [0.3, 0.4) is 0 Å². The first-order valence-electron chi connectivity index (χ1n) is 22.5. The molecular formula is C45H87N3O2. The van der Waals surface area contributed by atoms with Crippen molar-refractivity contribution in [1.29, 1.82) is 0 Å². The predicted molar refractivity (Wildman–Crippen MR) is 224 cm³/mol. The Kier molecular flexibility index (Phi) is 31.2. The molecule has 0 bridgehead atoms. The third kappa shape index (κ3) is 23.3. The molecule has 1 aromatic carbocycles. The second-order valence-corrected chi connectivity index (χ2v) is 16.0. The molecule has 5 nitrogen and oxygen atoms in total. The highest BCUT2D eigenvalue weighted by Gasteiger charge is 2.19. The summed E-state index contributed by atoms with van der Waals surface area (Å²) in [5.74, 6) is 1.96. The van der Waals surface area contributed by atoms with E-state index in [0.29, 0.717) is 11.4 Å². The first-order valence-corrected chi connectivity index (χ1v) is 22.5. The minimum Gasteiger partial charge on any atom is -0.383 e. The molecule has 0 unspecified atom stereocenters. The molecule has 0 aromatic heterocycles. The van der Waals surface area contributed by atoms with Crippen LogP contribution in [0.25, 0.3) is 0 Å². The van der Waals surface area contributed by atoms with Crippen molar-refractivity contribution < 1.29 is 0 Å². The van der Waals surface area contributed by atoms with E-state index in [9.17, 15) is 9.59 Å². The van der Waals surface area contributed by atoms with E-state index < -0.39 is 5.43 Å². The number of rotatable bonds is 39. The number of hydrogen-bond acceptors (Lipinski definition) is 5. The Balaban J connectivity index is 2.32. The van der Waals surface area contributed by atoms with Gasteiger partial charge in [-0.1, -0.05) is 201 Å². The minimum absolute atomic E-state index is 0.373. The van der Waals surface area contributed by atoms with Crippen molar-refractivity contribution in [3.63, 3.8) is 0 Å². The zero-order chi connectivity index (χ0) is 36.5. The third-order valence-electron chi connectivity index (χ3n) is 11.4. The molecule has 5 heteroatoms. The van der Waals surface area contributed by atoms with E-state index in [1.807, 2.05) is 0 Å². The lowest BCUT2D eigenvalue weighted by Gasteiger charge is -2.23. The molecule has 50 heavy (non-hydrogen) atoms. The molecule has 0 heterocycles. The quantitative estimate of drug-likeness (QED) is 0.0528. The fourth-order valence-corrected chi connectivity index (χ4v) is 8.00. The molecular weight excluding hydrogens is 615 g/mol. The molecule has 0 aliphatic carbocycles. The zero-order valence-corrected chi connectivity index (χ0v) is 34.5. The molecule has 0 radical (unpaired) electrons. The Bertz CT molecular complexity index is 921. The first-order chi connectivity index (χ1) is 24.5. The average molecular weight is 702 g/mol. The van der Waals surface area contributed by atoms with Crippen LogP contribution in [0, 0.1) is 11.8 Å². The van der Waals surface area contributed by atoms with Crippen LogP contribution < -0.4 is 21.5 Å². The molecule has 0 fully saturated rings. The van der Waals surface area contributed by atoms with Gasteiger partial charge >= 0.3 is 0 Å². The van der Waals surface area contributed by atoms with Crippen molar-refractivity contribution in [2.45, 2.75) is 220 Å². The molecule has 0 spiro atoms. The Morgan fingerprint density at radius 1 is 0.420 bits per heavy atom. The molecule has 294 valence electrons. The highest BCUT2D eigenvalue weighted by molar-refractivity contribution is 5.73. The van der Waals surface area contributed by atoms with Gasteiger partial charge in [-0.25, -0.2) is 0 Å². The summed E-state index contributed by atoms with van der Waals surface area (Å²) in [6.07, 6.45) is 41.6. The Morgan fingerprint density at radius 2 is 0.760 bits per heavy atom. The highest BCUT2D eigenvalue weighted by Crippen LogP contribution is 2.25. The zero-order valence-electron chi connectivity index (χ0n) is 34.5. The van der Waals surface area contributed by atoms with Crippen LogP contribution in [-0.2, 0) is 0 Å². The van der Waals surface area contributed by atoms with E-state index >= 15 is 0 Å². The summed E-state index contributed by atoms with van der Waals surface area (Å²) in [5.41, 5.74) is 0.165. The van der Waals surface area contributed by atoms with Gasteiger partial charge in [0.25, 0.3) is 10.9 Å². The molecule has 2 N–H and O–H groups in total. The van der Waals surface area contributed by atoms with Crippen molar-refractivity contribution in [1.82, 2.24) is 4.90 Å². The summed E-state index contributed by atoms with van der Waals surface area (Å²) in [6.45, 7) is 13.5. The van der Waals surface area contributed by atoms with Gasteiger partial charge in [-0.15, -0.1) is 0 Å². The van der Waals surface area contributed by atoms with E-state index in [-0.39, 0.29) is 5.43 Å². The van der Waals surface area contributed by atoms with Crippen molar-refractivity contribution >= 4 is 11.4 Å². The average Bonchev–Trinajstić information content (AvgIpc) is 3.12. The maximum atomic E-state index is 11.9. The second-order valence-electron chi connectivity index (χ2n) is 16.0.